The van der Waals surface area contributed by atoms with Crippen LogP contribution in [0.25, 0.3) is 0 Å². The number of nitrogens with two attached hydrogens (primary N) is 1. The Balaban J connectivity index is 0.00000385. The first-order chi connectivity index (χ1) is 15.3. The number of benzene rings is 2. The van der Waals surface area contributed by atoms with E-state index in [2.05, 4.69) is 24.2 Å². The molecule has 1 heterocycles. The number of aromatic hydroxyl groups is 1. The van der Waals surface area contributed by atoms with E-state index < -0.39 is 0 Å². The van der Waals surface area contributed by atoms with E-state index in [0.717, 1.165) is 27.3 Å². The molecule has 176 valence electrons. The molecule has 1 amide bonds. The molecule has 0 spiro atoms. The van der Waals surface area contributed by atoms with Crippen LogP contribution >= 0.6 is 23.7 Å². The molecular formula is C26H32ClN3O2S. The fourth-order valence-corrected chi connectivity index (χ4v) is 4.03. The predicted octanol–water partition coefficient (Wildman–Crippen LogP) is 6.13. The van der Waals surface area contributed by atoms with Gasteiger partial charge in [0.15, 0.2) is 0 Å². The van der Waals surface area contributed by atoms with Gasteiger partial charge in [0.1, 0.15) is 11.6 Å². The molecule has 0 aliphatic rings. The fraction of sp³-hybridized carbons (Fsp3) is 0.308. The Labute approximate surface area is 206 Å². The summed E-state index contributed by atoms with van der Waals surface area (Å²) in [5.74, 6) is 0.735. The van der Waals surface area contributed by atoms with E-state index in [4.69, 9.17) is 5.73 Å². The summed E-state index contributed by atoms with van der Waals surface area (Å²) in [7, 11) is 0. The molecule has 0 atom stereocenters. The highest BCUT2D eigenvalue weighted by molar-refractivity contribution is 7.12. The van der Waals surface area contributed by atoms with Crippen molar-refractivity contribution in [2.45, 2.75) is 46.0 Å². The molecule has 0 aliphatic carbocycles. The molecule has 0 radical (unpaired) electrons. The van der Waals surface area contributed by atoms with Crippen molar-refractivity contribution in [1.29, 1.82) is 0 Å². The van der Waals surface area contributed by atoms with Crippen molar-refractivity contribution >= 4 is 41.2 Å². The number of carbonyl (C=O) groups excluding carboxylic acids is 1. The van der Waals surface area contributed by atoms with Gasteiger partial charge in [-0.05, 0) is 64.6 Å². The molecule has 3 rings (SSSR count). The van der Waals surface area contributed by atoms with Crippen molar-refractivity contribution in [1.82, 2.24) is 5.32 Å². The molecule has 0 unspecified atom stereocenters. The second-order valence-electron chi connectivity index (χ2n) is 8.46. The molecule has 1 aromatic heterocycles. The quantitative estimate of drug-likeness (QED) is 0.265. The summed E-state index contributed by atoms with van der Waals surface area (Å²) in [4.78, 5) is 18.2. The molecule has 2 aromatic carbocycles. The van der Waals surface area contributed by atoms with Gasteiger partial charge in [-0.2, -0.15) is 0 Å². The van der Waals surface area contributed by atoms with Crippen LogP contribution in [0.3, 0.4) is 0 Å². The van der Waals surface area contributed by atoms with Crippen LogP contribution in [0.2, 0.25) is 0 Å². The SMILES string of the molecule is CC(C)c1cc(C(=O)NCCc2ccc(N=C(N)c3cccs3)cc2)c(O)c(C(C)C)c1.Cl. The minimum absolute atomic E-state index is 0. The molecule has 0 fully saturated rings. The van der Waals surface area contributed by atoms with Crippen molar-refractivity contribution < 1.29 is 9.90 Å². The number of nitrogens with zero attached hydrogens (tertiary/aromatic N) is 1. The number of halogens is 1. The highest BCUT2D eigenvalue weighted by Gasteiger charge is 2.19. The monoisotopic (exact) mass is 485 g/mol. The fourth-order valence-electron chi connectivity index (χ4n) is 3.40. The van der Waals surface area contributed by atoms with E-state index in [-0.39, 0.29) is 35.9 Å². The molecule has 3 aromatic rings. The summed E-state index contributed by atoms with van der Waals surface area (Å²) < 4.78 is 0. The Hall–Kier alpha value is -2.83. The van der Waals surface area contributed by atoms with Crippen LogP contribution in [0.5, 0.6) is 5.75 Å². The van der Waals surface area contributed by atoms with Crippen molar-refractivity contribution in [2.24, 2.45) is 10.7 Å². The van der Waals surface area contributed by atoms with Gasteiger partial charge in [0, 0.05) is 6.54 Å². The van der Waals surface area contributed by atoms with Crippen LogP contribution in [0.1, 0.15) is 71.5 Å². The first-order valence-corrected chi connectivity index (χ1v) is 11.8. The van der Waals surface area contributed by atoms with Gasteiger partial charge in [-0.1, -0.05) is 52.0 Å². The van der Waals surface area contributed by atoms with Crippen LogP contribution in [0.4, 0.5) is 5.69 Å². The maximum Gasteiger partial charge on any atom is 0.255 e. The zero-order valence-electron chi connectivity index (χ0n) is 19.5. The van der Waals surface area contributed by atoms with Gasteiger partial charge in [-0.15, -0.1) is 23.7 Å². The van der Waals surface area contributed by atoms with Crippen molar-refractivity contribution in [3.63, 3.8) is 0 Å². The molecule has 5 nitrogen and oxygen atoms in total. The van der Waals surface area contributed by atoms with E-state index in [9.17, 15) is 9.90 Å². The third-order valence-electron chi connectivity index (χ3n) is 5.35. The summed E-state index contributed by atoms with van der Waals surface area (Å²) in [6.07, 6.45) is 0.678. The van der Waals surface area contributed by atoms with E-state index >= 15 is 0 Å². The van der Waals surface area contributed by atoms with Crippen LogP contribution in [0.15, 0.2) is 58.9 Å². The van der Waals surface area contributed by atoms with Crippen LogP contribution < -0.4 is 11.1 Å². The average molecular weight is 486 g/mol. The zero-order chi connectivity index (χ0) is 23.3. The molecular weight excluding hydrogens is 454 g/mol. The Morgan fingerprint density at radius 3 is 2.36 bits per heavy atom. The molecule has 0 aliphatic heterocycles. The standard InChI is InChI=1S/C26H31N3O2S.ClH/c1-16(2)19-14-21(17(3)4)24(30)22(15-19)26(31)28-12-11-18-7-9-20(10-8-18)29-25(27)23-6-5-13-32-23;/h5-10,13-17,30H,11-12H2,1-4H3,(H2,27,29)(H,28,31);1H. The smallest absolute Gasteiger partial charge is 0.255 e. The van der Waals surface area contributed by atoms with E-state index in [1.165, 1.54) is 0 Å². The molecule has 0 saturated heterocycles. The predicted molar refractivity (Wildman–Crippen MR) is 141 cm³/mol. The highest BCUT2D eigenvalue weighted by atomic mass is 35.5. The number of amidine groups is 1. The van der Waals surface area contributed by atoms with Crippen LogP contribution in [-0.2, 0) is 6.42 Å². The van der Waals surface area contributed by atoms with Crippen LogP contribution in [-0.4, -0.2) is 23.4 Å². The number of thiophene rings is 1. The number of amides is 1. The summed E-state index contributed by atoms with van der Waals surface area (Å²) in [6.45, 7) is 8.67. The molecule has 33 heavy (non-hydrogen) atoms. The second kappa shape index (κ2) is 11.9. The minimum atomic E-state index is -0.253. The lowest BCUT2D eigenvalue weighted by atomic mass is 9.91. The van der Waals surface area contributed by atoms with E-state index in [1.807, 2.05) is 61.7 Å². The molecule has 7 heteroatoms. The average Bonchev–Trinajstić information content (AvgIpc) is 3.29. The minimum Gasteiger partial charge on any atom is -0.507 e. The third-order valence-corrected chi connectivity index (χ3v) is 6.25. The molecule has 0 saturated carbocycles. The Kier molecular flexibility index (Phi) is 9.50. The maximum atomic E-state index is 12.8. The number of nitrogens with one attached hydrogen (secondary N) is 1. The molecule has 4 N–H and O–H groups in total. The van der Waals surface area contributed by atoms with Crippen molar-refractivity contribution in [2.75, 3.05) is 6.54 Å². The van der Waals surface area contributed by atoms with E-state index in [1.54, 1.807) is 17.4 Å². The van der Waals surface area contributed by atoms with Crippen molar-refractivity contribution in [3.05, 3.63) is 81.0 Å². The molecule has 0 bridgehead atoms. The number of aliphatic imine (C=N–C) groups is 1. The summed E-state index contributed by atoms with van der Waals surface area (Å²) in [5.41, 5.74) is 10.1. The first-order valence-electron chi connectivity index (χ1n) is 10.9. The van der Waals surface area contributed by atoms with Gasteiger partial charge in [0.2, 0.25) is 0 Å². The Morgan fingerprint density at radius 1 is 1.09 bits per heavy atom. The van der Waals surface area contributed by atoms with E-state index in [0.29, 0.717) is 24.4 Å². The van der Waals surface area contributed by atoms with Crippen LogP contribution in [0, 0.1) is 0 Å². The highest BCUT2D eigenvalue weighted by Crippen LogP contribution is 2.33. The lowest BCUT2D eigenvalue weighted by Crippen LogP contribution is -2.26. The number of carbonyl (C=O) groups is 1. The van der Waals surface area contributed by atoms with Gasteiger partial charge in [0.25, 0.3) is 5.91 Å². The van der Waals surface area contributed by atoms with Gasteiger partial charge in [-0.25, -0.2) is 4.99 Å². The second-order valence-corrected chi connectivity index (χ2v) is 9.41. The van der Waals surface area contributed by atoms with Gasteiger partial charge in [0.05, 0.1) is 16.1 Å². The number of hydrogen-bond acceptors (Lipinski definition) is 4. The number of hydrogen-bond donors (Lipinski definition) is 3. The van der Waals surface area contributed by atoms with Gasteiger partial charge in [-0.3, -0.25) is 4.79 Å². The Morgan fingerprint density at radius 2 is 1.79 bits per heavy atom. The lowest BCUT2D eigenvalue weighted by molar-refractivity contribution is 0.0951. The summed E-state index contributed by atoms with van der Waals surface area (Å²) >= 11 is 1.56. The number of rotatable bonds is 8. The first kappa shape index (κ1) is 26.4. The number of phenolic OH excluding ortho intramolecular Hbond substituents is 1. The normalized spacial score (nSPS) is 11.5. The maximum absolute atomic E-state index is 12.8. The van der Waals surface area contributed by atoms with Crippen molar-refractivity contribution in [3.8, 4) is 5.75 Å². The summed E-state index contributed by atoms with van der Waals surface area (Å²) in [5, 5.41) is 15.6. The third kappa shape index (κ3) is 6.83. The Bertz CT molecular complexity index is 1090. The summed E-state index contributed by atoms with van der Waals surface area (Å²) in [6, 6.07) is 15.5. The van der Waals surface area contributed by atoms with Gasteiger partial charge < -0.3 is 16.2 Å². The topological polar surface area (TPSA) is 87.7 Å². The largest absolute Gasteiger partial charge is 0.507 e. The number of phenols is 1. The van der Waals surface area contributed by atoms with Gasteiger partial charge >= 0.3 is 0 Å². The lowest BCUT2D eigenvalue weighted by Gasteiger charge is -2.17. The zero-order valence-corrected chi connectivity index (χ0v) is 21.1.